The number of nitrogens with one attached hydrogen (secondary N) is 1. The van der Waals surface area contributed by atoms with E-state index in [0.717, 1.165) is 5.56 Å². The minimum Gasteiger partial charge on any atom is -0.444 e. The first-order valence-electron chi connectivity index (χ1n) is 5.95. The molecule has 0 aromatic heterocycles. The van der Waals surface area contributed by atoms with Gasteiger partial charge in [-0.1, -0.05) is 30.3 Å². The number of hydrogen-bond donors (Lipinski definition) is 2. The largest absolute Gasteiger partial charge is 0.444 e. The highest BCUT2D eigenvalue weighted by Crippen LogP contribution is 2.12. The molecule has 0 saturated heterocycles. The van der Waals surface area contributed by atoms with Gasteiger partial charge in [-0.2, -0.15) is 0 Å². The van der Waals surface area contributed by atoms with Crippen LogP contribution in [0.15, 0.2) is 30.3 Å². The number of rotatable bonds is 3. The molecular weight excluding hydrogens is 230 g/mol. The quantitative estimate of drug-likeness (QED) is 0.811. The molecule has 1 rings (SSSR count). The van der Waals surface area contributed by atoms with Gasteiger partial charge in [-0.05, 0) is 33.3 Å². The van der Waals surface area contributed by atoms with Crippen LogP contribution in [0.2, 0.25) is 0 Å². The van der Waals surface area contributed by atoms with Gasteiger partial charge < -0.3 is 9.84 Å². The second-order valence-electron chi connectivity index (χ2n) is 5.56. The molecule has 18 heavy (non-hydrogen) atoms. The summed E-state index contributed by atoms with van der Waals surface area (Å²) >= 11 is 0. The zero-order chi connectivity index (χ0) is 13.8. The Morgan fingerprint density at radius 3 is 2.28 bits per heavy atom. The van der Waals surface area contributed by atoms with Gasteiger partial charge in [-0.25, -0.2) is 4.79 Å². The number of benzene rings is 1. The van der Waals surface area contributed by atoms with E-state index in [0.29, 0.717) is 6.42 Å². The third kappa shape index (κ3) is 5.68. The van der Waals surface area contributed by atoms with Crippen LogP contribution in [-0.4, -0.2) is 22.5 Å². The third-order valence-corrected chi connectivity index (χ3v) is 2.16. The van der Waals surface area contributed by atoms with Crippen LogP contribution in [-0.2, 0) is 11.2 Å². The SMILES string of the molecule is CC(C)(C)OC(=O)N[C@@](C)(O)Cc1ccccc1. The molecule has 0 unspecified atom stereocenters. The van der Waals surface area contributed by atoms with E-state index in [9.17, 15) is 9.90 Å². The van der Waals surface area contributed by atoms with Crippen LogP contribution >= 0.6 is 0 Å². The van der Waals surface area contributed by atoms with Crippen molar-refractivity contribution in [3.63, 3.8) is 0 Å². The molecule has 1 aromatic rings. The fourth-order valence-electron chi connectivity index (χ4n) is 1.56. The van der Waals surface area contributed by atoms with E-state index in [1.807, 2.05) is 30.3 Å². The molecule has 1 aromatic carbocycles. The molecule has 1 amide bonds. The summed E-state index contributed by atoms with van der Waals surface area (Å²) in [6.45, 7) is 6.87. The Kier molecular flexibility index (Phi) is 4.35. The van der Waals surface area contributed by atoms with Gasteiger partial charge in [0.1, 0.15) is 11.3 Å². The fourth-order valence-corrected chi connectivity index (χ4v) is 1.56. The van der Waals surface area contributed by atoms with Crippen molar-refractivity contribution in [2.45, 2.75) is 45.4 Å². The van der Waals surface area contributed by atoms with Gasteiger partial charge in [0.05, 0.1) is 0 Å². The zero-order valence-corrected chi connectivity index (χ0v) is 11.4. The molecule has 100 valence electrons. The number of hydrogen-bond acceptors (Lipinski definition) is 3. The molecule has 0 spiro atoms. The molecule has 0 heterocycles. The van der Waals surface area contributed by atoms with E-state index < -0.39 is 17.4 Å². The van der Waals surface area contributed by atoms with Crippen LogP contribution in [0.25, 0.3) is 0 Å². The van der Waals surface area contributed by atoms with Crippen molar-refractivity contribution in [2.75, 3.05) is 0 Å². The van der Waals surface area contributed by atoms with Crippen LogP contribution in [0.5, 0.6) is 0 Å². The summed E-state index contributed by atoms with van der Waals surface area (Å²) in [6, 6.07) is 9.47. The van der Waals surface area contributed by atoms with E-state index in [1.54, 1.807) is 27.7 Å². The fraction of sp³-hybridized carbons (Fsp3) is 0.500. The molecule has 2 N–H and O–H groups in total. The summed E-state index contributed by atoms with van der Waals surface area (Å²) in [6.07, 6.45) is -0.295. The Labute approximate surface area is 108 Å². The lowest BCUT2D eigenvalue weighted by Crippen LogP contribution is -2.49. The minimum atomic E-state index is -1.33. The summed E-state index contributed by atoms with van der Waals surface area (Å²) in [7, 11) is 0. The van der Waals surface area contributed by atoms with E-state index in [-0.39, 0.29) is 0 Å². The molecule has 4 heteroatoms. The van der Waals surface area contributed by atoms with Crippen molar-refractivity contribution in [3.8, 4) is 0 Å². The predicted molar refractivity (Wildman–Crippen MR) is 70.1 cm³/mol. The van der Waals surface area contributed by atoms with E-state index in [2.05, 4.69) is 5.32 Å². The summed E-state index contributed by atoms with van der Waals surface area (Å²) < 4.78 is 5.10. The molecule has 0 aliphatic heterocycles. The normalized spacial score (nSPS) is 14.7. The monoisotopic (exact) mass is 251 g/mol. The Bertz CT molecular complexity index is 393. The number of carbonyl (C=O) groups is 1. The van der Waals surface area contributed by atoms with Gasteiger partial charge in [-0.3, -0.25) is 5.32 Å². The molecule has 1 atom stereocenters. The second kappa shape index (κ2) is 5.40. The lowest BCUT2D eigenvalue weighted by atomic mass is 10.0. The predicted octanol–water partition coefficient (Wildman–Crippen LogP) is 2.46. The van der Waals surface area contributed by atoms with E-state index in [4.69, 9.17) is 4.74 Å². The highest BCUT2D eigenvalue weighted by atomic mass is 16.6. The first-order valence-corrected chi connectivity index (χ1v) is 5.95. The Balaban J connectivity index is 2.57. The number of carbonyl (C=O) groups excluding carboxylic acids is 1. The van der Waals surface area contributed by atoms with Crippen LogP contribution in [0.3, 0.4) is 0 Å². The zero-order valence-electron chi connectivity index (χ0n) is 11.4. The van der Waals surface area contributed by atoms with Gasteiger partial charge in [0.25, 0.3) is 0 Å². The van der Waals surface area contributed by atoms with Gasteiger partial charge in [0, 0.05) is 6.42 Å². The number of ether oxygens (including phenoxy) is 1. The van der Waals surface area contributed by atoms with Crippen molar-refractivity contribution in [2.24, 2.45) is 0 Å². The standard InChI is InChI=1S/C14H21NO3/c1-13(2,3)18-12(16)15-14(4,17)10-11-8-6-5-7-9-11/h5-9,17H,10H2,1-4H3,(H,15,16)/t14-/m0/s1. The van der Waals surface area contributed by atoms with Gasteiger partial charge >= 0.3 is 6.09 Å². The number of alkyl carbamates (subject to hydrolysis) is 1. The molecule has 0 aliphatic carbocycles. The third-order valence-electron chi connectivity index (χ3n) is 2.16. The highest BCUT2D eigenvalue weighted by Gasteiger charge is 2.26. The number of aliphatic hydroxyl groups is 1. The second-order valence-corrected chi connectivity index (χ2v) is 5.56. The van der Waals surface area contributed by atoms with E-state index >= 15 is 0 Å². The van der Waals surface area contributed by atoms with Crippen molar-refractivity contribution in [3.05, 3.63) is 35.9 Å². The maximum absolute atomic E-state index is 11.6. The lowest BCUT2D eigenvalue weighted by molar-refractivity contribution is -0.00209. The van der Waals surface area contributed by atoms with Crippen molar-refractivity contribution >= 4 is 6.09 Å². The van der Waals surface area contributed by atoms with Crippen LogP contribution in [0.4, 0.5) is 4.79 Å². The van der Waals surface area contributed by atoms with Crippen molar-refractivity contribution in [1.29, 1.82) is 0 Å². The van der Waals surface area contributed by atoms with Gasteiger partial charge in [0.15, 0.2) is 0 Å². The van der Waals surface area contributed by atoms with Crippen molar-refractivity contribution in [1.82, 2.24) is 5.32 Å². The average molecular weight is 251 g/mol. The number of amides is 1. The maximum atomic E-state index is 11.6. The minimum absolute atomic E-state index is 0.326. The molecular formula is C14H21NO3. The average Bonchev–Trinajstić information content (AvgIpc) is 2.13. The molecule has 0 fully saturated rings. The first kappa shape index (κ1) is 14.5. The lowest BCUT2D eigenvalue weighted by Gasteiger charge is -2.27. The summed E-state index contributed by atoms with van der Waals surface area (Å²) in [5.74, 6) is 0. The molecule has 4 nitrogen and oxygen atoms in total. The Morgan fingerprint density at radius 2 is 1.78 bits per heavy atom. The van der Waals surface area contributed by atoms with Gasteiger partial charge in [-0.15, -0.1) is 0 Å². The van der Waals surface area contributed by atoms with Crippen LogP contribution in [0, 0.1) is 0 Å². The molecule has 0 saturated carbocycles. The maximum Gasteiger partial charge on any atom is 0.409 e. The topological polar surface area (TPSA) is 58.6 Å². The molecule has 0 radical (unpaired) electrons. The van der Waals surface area contributed by atoms with E-state index in [1.165, 1.54) is 0 Å². The summed E-state index contributed by atoms with van der Waals surface area (Å²) in [5, 5.41) is 12.6. The molecule has 0 aliphatic rings. The summed E-state index contributed by atoms with van der Waals surface area (Å²) in [4.78, 5) is 11.6. The van der Waals surface area contributed by atoms with Crippen LogP contribution in [0.1, 0.15) is 33.3 Å². The highest BCUT2D eigenvalue weighted by molar-refractivity contribution is 5.68. The van der Waals surface area contributed by atoms with Gasteiger partial charge in [0.2, 0.25) is 0 Å². The first-order chi connectivity index (χ1) is 8.18. The smallest absolute Gasteiger partial charge is 0.409 e. The Morgan fingerprint density at radius 1 is 1.22 bits per heavy atom. The molecule has 0 bridgehead atoms. The summed E-state index contributed by atoms with van der Waals surface area (Å²) in [5.41, 5.74) is -0.963. The van der Waals surface area contributed by atoms with Crippen molar-refractivity contribution < 1.29 is 14.6 Å². The Hall–Kier alpha value is -1.55. The van der Waals surface area contributed by atoms with Crippen LogP contribution < -0.4 is 5.32 Å².